The van der Waals surface area contributed by atoms with Crippen LogP contribution in [0.1, 0.15) is 5.69 Å². The van der Waals surface area contributed by atoms with Crippen molar-refractivity contribution in [2.45, 2.75) is 6.92 Å². The molecule has 2 rings (SSSR count). The topological polar surface area (TPSA) is 82.5 Å². The third kappa shape index (κ3) is 1.46. The second kappa shape index (κ2) is 2.81. The second-order valence-corrected chi connectivity index (χ2v) is 2.60. The molecule has 0 aromatic carbocycles. The maximum Gasteiger partial charge on any atom is 0.238 e. The van der Waals surface area contributed by atoms with Crippen molar-refractivity contribution in [3.63, 3.8) is 0 Å². The summed E-state index contributed by atoms with van der Waals surface area (Å²) in [6.45, 7) is 1.85. The van der Waals surface area contributed by atoms with Gasteiger partial charge in [-0.3, -0.25) is 4.57 Å². The number of nitrogens with zero attached hydrogens (tertiary/aromatic N) is 5. The summed E-state index contributed by atoms with van der Waals surface area (Å²) in [6, 6.07) is 1.70. The summed E-state index contributed by atoms with van der Waals surface area (Å²) in [5.41, 5.74) is 6.38. The van der Waals surface area contributed by atoms with Crippen LogP contribution in [-0.4, -0.2) is 24.7 Å². The third-order valence-electron chi connectivity index (χ3n) is 1.51. The van der Waals surface area contributed by atoms with Gasteiger partial charge in [0, 0.05) is 11.8 Å². The van der Waals surface area contributed by atoms with Gasteiger partial charge >= 0.3 is 0 Å². The lowest BCUT2D eigenvalue weighted by Gasteiger charge is -2.01. The van der Waals surface area contributed by atoms with Gasteiger partial charge < -0.3 is 5.73 Å². The molecule has 0 aliphatic heterocycles. The molecule has 2 aromatic heterocycles. The van der Waals surface area contributed by atoms with Crippen molar-refractivity contribution < 1.29 is 0 Å². The Morgan fingerprint density at radius 3 is 2.54 bits per heavy atom. The number of anilines is 1. The van der Waals surface area contributed by atoms with Crippen LogP contribution in [0.2, 0.25) is 0 Å². The second-order valence-electron chi connectivity index (χ2n) is 2.60. The molecule has 0 unspecified atom stereocenters. The van der Waals surface area contributed by atoms with Crippen LogP contribution in [0.5, 0.6) is 0 Å². The normalized spacial score (nSPS) is 10.2. The standard InChI is InChI=1S/C7H8N6/c1-5-2-6(8)12-7(11-5)13-3-9-10-4-13/h2-4H,1H3,(H2,8,11,12). The van der Waals surface area contributed by atoms with E-state index in [2.05, 4.69) is 20.2 Å². The van der Waals surface area contributed by atoms with Crippen LogP contribution in [-0.2, 0) is 0 Å². The van der Waals surface area contributed by atoms with Crippen molar-refractivity contribution in [2.24, 2.45) is 0 Å². The predicted octanol–water partition coefficient (Wildman–Crippen LogP) is -0.0521. The zero-order valence-electron chi connectivity index (χ0n) is 7.05. The summed E-state index contributed by atoms with van der Waals surface area (Å²) in [5, 5.41) is 7.30. The van der Waals surface area contributed by atoms with Gasteiger partial charge in [0.25, 0.3) is 0 Å². The van der Waals surface area contributed by atoms with Gasteiger partial charge in [0.15, 0.2) is 0 Å². The summed E-state index contributed by atoms with van der Waals surface area (Å²) < 4.78 is 1.60. The van der Waals surface area contributed by atoms with Crippen molar-refractivity contribution in [2.75, 3.05) is 5.73 Å². The van der Waals surface area contributed by atoms with Crippen molar-refractivity contribution in [1.82, 2.24) is 24.7 Å². The van der Waals surface area contributed by atoms with Gasteiger partial charge in [-0.25, -0.2) is 4.98 Å². The summed E-state index contributed by atoms with van der Waals surface area (Å²) in [5.74, 6) is 0.929. The largest absolute Gasteiger partial charge is 0.384 e. The van der Waals surface area contributed by atoms with E-state index in [0.717, 1.165) is 5.69 Å². The van der Waals surface area contributed by atoms with Crippen molar-refractivity contribution >= 4 is 5.82 Å². The van der Waals surface area contributed by atoms with Gasteiger partial charge in [0.05, 0.1) is 0 Å². The molecule has 0 atom stereocenters. The molecule has 2 aromatic rings. The molecular formula is C7H8N6. The van der Waals surface area contributed by atoms with Gasteiger partial charge in [0.1, 0.15) is 18.5 Å². The highest BCUT2D eigenvalue weighted by Gasteiger charge is 2.01. The fraction of sp³-hybridized carbons (Fsp3) is 0.143. The molecule has 2 heterocycles. The number of nitrogen functional groups attached to an aromatic ring is 1. The first-order valence-electron chi connectivity index (χ1n) is 3.72. The van der Waals surface area contributed by atoms with Crippen LogP contribution in [0.15, 0.2) is 18.7 Å². The number of hydrogen-bond donors (Lipinski definition) is 1. The average molecular weight is 176 g/mol. The van der Waals surface area contributed by atoms with E-state index in [1.807, 2.05) is 6.92 Å². The maximum atomic E-state index is 5.56. The molecule has 0 fully saturated rings. The highest BCUT2D eigenvalue weighted by Crippen LogP contribution is 2.04. The quantitative estimate of drug-likeness (QED) is 0.658. The Kier molecular flexibility index (Phi) is 1.66. The number of aromatic nitrogens is 5. The number of nitrogens with two attached hydrogens (primary N) is 1. The Labute approximate surface area is 74.5 Å². The van der Waals surface area contributed by atoms with Crippen LogP contribution >= 0.6 is 0 Å². The van der Waals surface area contributed by atoms with Gasteiger partial charge in [0.2, 0.25) is 5.95 Å². The predicted molar refractivity (Wildman–Crippen MR) is 46.1 cm³/mol. The molecule has 0 radical (unpaired) electrons. The lowest BCUT2D eigenvalue weighted by atomic mass is 10.4. The molecule has 0 saturated carbocycles. The van der Waals surface area contributed by atoms with Gasteiger partial charge in [-0.15, -0.1) is 10.2 Å². The zero-order chi connectivity index (χ0) is 9.26. The summed E-state index contributed by atoms with van der Waals surface area (Å²) >= 11 is 0. The molecule has 0 amide bonds. The Morgan fingerprint density at radius 1 is 1.23 bits per heavy atom. The molecule has 2 N–H and O–H groups in total. The Balaban J connectivity index is 2.53. The van der Waals surface area contributed by atoms with Crippen LogP contribution in [0.25, 0.3) is 5.95 Å². The Hall–Kier alpha value is -1.98. The lowest BCUT2D eigenvalue weighted by Crippen LogP contribution is -2.03. The minimum absolute atomic E-state index is 0.441. The van der Waals surface area contributed by atoms with E-state index in [4.69, 9.17) is 5.73 Å². The smallest absolute Gasteiger partial charge is 0.238 e. The SMILES string of the molecule is Cc1cc(N)nc(-n2cnnc2)n1. The van der Waals surface area contributed by atoms with E-state index in [0.29, 0.717) is 11.8 Å². The van der Waals surface area contributed by atoms with Gasteiger partial charge in [-0.1, -0.05) is 0 Å². The first-order valence-corrected chi connectivity index (χ1v) is 3.72. The fourth-order valence-corrected chi connectivity index (χ4v) is 0.996. The first-order chi connectivity index (χ1) is 6.25. The van der Waals surface area contributed by atoms with E-state index < -0.39 is 0 Å². The minimum atomic E-state index is 0.441. The van der Waals surface area contributed by atoms with Crippen molar-refractivity contribution in [1.29, 1.82) is 0 Å². The zero-order valence-corrected chi connectivity index (χ0v) is 7.05. The lowest BCUT2D eigenvalue weighted by molar-refractivity contribution is 0.912. The van der Waals surface area contributed by atoms with Gasteiger partial charge in [-0.2, -0.15) is 4.98 Å². The van der Waals surface area contributed by atoms with Crippen LogP contribution < -0.4 is 5.73 Å². The minimum Gasteiger partial charge on any atom is -0.384 e. The van der Waals surface area contributed by atoms with Crippen LogP contribution in [0, 0.1) is 6.92 Å². The monoisotopic (exact) mass is 176 g/mol. The van der Waals surface area contributed by atoms with Gasteiger partial charge in [-0.05, 0) is 6.92 Å². The fourth-order valence-electron chi connectivity index (χ4n) is 0.996. The van der Waals surface area contributed by atoms with Crippen LogP contribution in [0.4, 0.5) is 5.82 Å². The average Bonchev–Trinajstić information content (AvgIpc) is 2.53. The first kappa shape index (κ1) is 7.66. The Morgan fingerprint density at radius 2 is 1.92 bits per heavy atom. The molecule has 66 valence electrons. The maximum absolute atomic E-state index is 5.56. The molecule has 0 bridgehead atoms. The number of aryl methyl sites for hydroxylation is 1. The molecule has 0 aliphatic carbocycles. The van der Waals surface area contributed by atoms with Crippen molar-refractivity contribution in [3.8, 4) is 5.95 Å². The van der Waals surface area contributed by atoms with E-state index in [-0.39, 0.29) is 0 Å². The van der Waals surface area contributed by atoms with E-state index in [1.165, 1.54) is 12.7 Å². The molecular weight excluding hydrogens is 168 g/mol. The molecule has 0 saturated heterocycles. The third-order valence-corrected chi connectivity index (χ3v) is 1.51. The molecule has 6 heteroatoms. The molecule has 0 spiro atoms. The molecule has 13 heavy (non-hydrogen) atoms. The summed E-state index contributed by atoms with van der Waals surface area (Å²) in [4.78, 5) is 8.19. The number of rotatable bonds is 1. The Bertz CT molecular complexity index is 387. The van der Waals surface area contributed by atoms with E-state index in [9.17, 15) is 0 Å². The molecule has 0 aliphatic rings. The summed E-state index contributed by atoms with van der Waals surface area (Å²) in [6.07, 6.45) is 3.04. The summed E-state index contributed by atoms with van der Waals surface area (Å²) in [7, 11) is 0. The highest BCUT2D eigenvalue weighted by atomic mass is 15.3. The van der Waals surface area contributed by atoms with E-state index >= 15 is 0 Å². The molecule has 6 nitrogen and oxygen atoms in total. The van der Waals surface area contributed by atoms with Crippen molar-refractivity contribution in [3.05, 3.63) is 24.4 Å². The number of hydrogen-bond acceptors (Lipinski definition) is 5. The highest BCUT2D eigenvalue weighted by molar-refractivity contribution is 5.32. The van der Waals surface area contributed by atoms with E-state index in [1.54, 1.807) is 10.6 Å². The van der Waals surface area contributed by atoms with Crippen LogP contribution in [0.3, 0.4) is 0 Å².